The highest BCUT2D eigenvalue weighted by molar-refractivity contribution is 5.85. The minimum absolute atomic E-state index is 0.188. The normalized spacial score (nSPS) is 10.2. The van der Waals surface area contributed by atoms with Crippen molar-refractivity contribution in [3.05, 3.63) is 72.1 Å². The van der Waals surface area contributed by atoms with Crippen LogP contribution in [0.1, 0.15) is 5.56 Å². The van der Waals surface area contributed by atoms with Gasteiger partial charge in [-0.25, -0.2) is 8.78 Å². The molecule has 108 valence electrons. The molecule has 0 atom stereocenters. The van der Waals surface area contributed by atoms with Crippen LogP contribution in [0.25, 0.3) is 21.8 Å². The summed E-state index contributed by atoms with van der Waals surface area (Å²) in [5, 5.41) is 10.2. The number of hydrogen-bond acceptors (Lipinski definition) is 1. The third kappa shape index (κ3) is 2.67. The lowest BCUT2D eigenvalue weighted by molar-refractivity contribution is 0.629. The highest BCUT2D eigenvalue weighted by Crippen LogP contribution is 2.18. The van der Waals surface area contributed by atoms with Crippen molar-refractivity contribution in [3.8, 4) is 6.07 Å². The first-order chi connectivity index (χ1) is 10.7. The van der Waals surface area contributed by atoms with Crippen LogP contribution in [0.3, 0.4) is 0 Å². The van der Waals surface area contributed by atoms with Crippen molar-refractivity contribution >= 4 is 21.8 Å². The smallest absolute Gasteiger partial charge is 0.124 e. The van der Waals surface area contributed by atoms with E-state index in [1.165, 1.54) is 24.3 Å². The number of rotatable bonds is 0. The quantitative estimate of drug-likeness (QED) is 0.493. The molecule has 4 rings (SSSR count). The fourth-order valence-electron chi connectivity index (χ4n) is 2.21. The summed E-state index contributed by atoms with van der Waals surface area (Å²) in [6.45, 7) is 0. The topological polar surface area (TPSA) is 55.4 Å². The number of fused-ring (bicyclic) bond motifs is 2. The molecular formula is C17H11F2N3. The molecule has 0 unspecified atom stereocenters. The maximum atomic E-state index is 12.7. The Morgan fingerprint density at radius 2 is 1.59 bits per heavy atom. The molecule has 5 heteroatoms. The van der Waals surface area contributed by atoms with Crippen molar-refractivity contribution in [1.82, 2.24) is 9.97 Å². The van der Waals surface area contributed by atoms with Crippen LogP contribution in [0.5, 0.6) is 0 Å². The number of nitrogens with zero attached hydrogens (tertiary/aromatic N) is 1. The monoisotopic (exact) mass is 295 g/mol. The van der Waals surface area contributed by atoms with Crippen LogP contribution in [0.2, 0.25) is 0 Å². The molecule has 0 fully saturated rings. The van der Waals surface area contributed by atoms with Gasteiger partial charge in [-0.2, -0.15) is 5.26 Å². The summed E-state index contributed by atoms with van der Waals surface area (Å²) in [6, 6.07) is 12.8. The van der Waals surface area contributed by atoms with Crippen LogP contribution < -0.4 is 0 Å². The number of aromatic nitrogens is 2. The molecule has 4 aromatic rings. The van der Waals surface area contributed by atoms with E-state index in [1.807, 2.05) is 12.1 Å². The average Bonchev–Trinajstić information content (AvgIpc) is 3.13. The summed E-state index contributed by atoms with van der Waals surface area (Å²) in [4.78, 5) is 5.86. The Morgan fingerprint density at radius 1 is 0.864 bits per heavy atom. The largest absolute Gasteiger partial charge is 0.361 e. The number of nitrogens with one attached hydrogen (secondary N) is 2. The van der Waals surface area contributed by atoms with Gasteiger partial charge in [0.05, 0.1) is 5.56 Å². The molecule has 2 heterocycles. The highest BCUT2D eigenvalue weighted by atomic mass is 19.1. The number of benzene rings is 2. The fourth-order valence-corrected chi connectivity index (χ4v) is 2.21. The third-order valence-electron chi connectivity index (χ3n) is 3.28. The Bertz CT molecular complexity index is 976. The molecule has 3 nitrogen and oxygen atoms in total. The van der Waals surface area contributed by atoms with E-state index in [4.69, 9.17) is 5.26 Å². The second kappa shape index (κ2) is 5.70. The van der Waals surface area contributed by atoms with Crippen LogP contribution in [0.15, 0.2) is 54.9 Å². The lowest BCUT2D eigenvalue weighted by atomic mass is 10.2. The molecule has 0 amide bonds. The van der Waals surface area contributed by atoms with E-state index in [0.29, 0.717) is 10.9 Å². The van der Waals surface area contributed by atoms with E-state index in [0.717, 1.165) is 16.4 Å². The van der Waals surface area contributed by atoms with E-state index >= 15 is 0 Å². The number of hydrogen-bond donors (Lipinski definition) is 2. The van der Waals surface area contributed by atoms with Gasteiger partial charge in [0, 0.05) is 34.2 Å². The van der Waals surface area contributed by atoms with Crippen LogP contribution in [-0.2, 0) is 0 Å². The second-order valence-electron chi connectivity index (χ2n) is 4.71. The first-order valence-electron chi connectivity index (χ1n) is 6.57. The summed E-state index contributed by atoms with van der Waals surface area (Å²) in [5.74, 6) is -0.509. The Labute approximate surface area is 124 Å². The Hall–Kier alpha value is -3.13. The molecule has 22 heavy (non-hydrogen) atoms. The van der Waals surface area contributed by atoms with Gasteiger partial charge < -0.3 is 9.97 Å². The van der Waals surface area contributed by atoms with Gasteiger partial charge in [0.1, 0.15) is 17.7 Å². The van der Waals surface area contributed by atoms with Crippen molar-refractivity contribution in [1.29, 1.82) is 5.26 Å². The summed E-state index contributed by atoms with van der Waals surface area (Å²) in [5.41, 5.74) is 2.24. The van der Waals surface area contributed by atoms with E-state index in [9.17, 15) is 8.78 Å². The molecule has 2 aromatic carbocycles. The van der Waals surface area contributed by atoms with E-state index < -0.39 is 0 Å². The molecule has 0 radical (unpaired) electrons. The van der Waals surface area contributed by atoms with Gasteiger partial charge in [0.25, 0.3) is 0 Å². The number of aromatic amines is 2. The molecule has 0 bridgehead atoms. The molecule has 0 aliphatic heterocycles. The van der Waals surface area contributed by atoms with E-state index in [1.54, 1.807) is 24.5 Å². The minimum atomic E-state index is -0.321. The first-order valence-corrected chi connectivity index (χ1v) is 6.57. The standard InChI is InChI=1S/C9H5FN2.C8H6FN/c10-7-1-2-9-8(3-7)6(4-11)5-12-9;9-7-1-2-8-6(5-7)3-4-10-8/h1-3,5,12H;1-5,10H. The summed E-state index contributed by atoms with van der Waals surface area (Å²) in [6.07, 6.45) is 3.37. The number of H-pyrrole nitrogens is 2. The lowest BCUT2D eigenvalue weighted by Crippen LogP contribution is -1.73. The maximum Gasteiger partial charge on any atom is 0.124 e. The van der Waals surface area contributed by atoms with Gasteiger partial charge in [-0.1, -0.05) is 0 Å². The molecule has 0 saturated heterocycles. The predicted molar refractivity (Wildman–Crippen MR) is 81.2 cm³/mol. The Balaban J connectivity index is 0.000000133. The van der Waals surface area contributed by atoms with Crippen LogP contribution in [0.4, 0.5) is 8.78 Å². The molecule has 0 aliphatic rings. The molecule has 0 aliphatic carbocycles. The summed E-state index contributed by atoms with van der Waals surface area (Å²) in [7, 11) is 0. The van der Waals surface area contributed by atoms with Crippen molar-refractivity contribution in [2.24, 2.45) is 0 Å². The summed E-state index contributed by atoms with van der Waals surface area (Å²) >= 11 is 0. The SMILES string of the molecule is Fc1ccc2[nH]ccc2c1.N#Cc1c[nH]c2ccc(F)cc12. The van der Waals surface area contributed by atoms with Gasteiger partial charge in [0.15, 0.2) is 0 Å². The second-order valence-corrected chi connectivity index (χ2v) is 4.71. The molecule has 2 N–H and O–H groups in total. The van der Waals surface area contributed by atoms with Crippen molar-refractivity contribution in [3.63, 3.8) is 0 Å². The maximum absolute atomic E-state index is 12.7. The van der Waals surface area contributed by atoms with Crippen LogP contribution >= 0.6 is 0 Å². The van der Waals surface area contributed by atoms with Crippen molar-refractivity contribution in [2.45, 2.75) is 0 Å². The van der Waals surface area contributed by atoms with Gasteiger partial charge >= 0.3 is 0 Å². The van der Waals surface area contributed by atoms with Gasteiger partial charge in [-0.05, 0) is 42.5 Å². The Morgan fingerprint density at radius 3 is 2.36 bits per heavy atom. The van der Waals surface area contributed by atoms with Gasteiger partial charge in [-0.3, -0.25) is 0 Å². The zero-order valence-corrected chi connectivity index (χ0v) is 11.4. The van der Waals surface area contributed by atoms with Crippen LogP contribution in [-0.4, -0.2) is 9.97 Å². The van der Waals surface area contributed by atoms with E-state index in [2.05, 4.69) is 9.97 Å². The van der Waals surface area contributed by atoms with Gasteiger partial charge in [-0.15, -0.1) is 0 Å². The first kappa shape index (κ1) is 13.8. The van der Waals surface area contributed by atoms with E-state index in [-0.39, 0.29) is 11.6 Å². The fraction of sp³-hybridized carbons (Fsp3) is 0. The zero-order valence-electron chi connectivity index (χ0n) is 11.4. The summed E-state index contributed by atoms with van der Waals surface area (Å²) < 4.78 is 25.2. The Kier molecular flexibility index (Phi) is 3.58. The highest BCUT2D eigenvalue weighted by Gasteiger charge is 2.02. The number of nitriles is 1. The molecule has 2 aromatic heterocycles. The molecule has 0 spiro atoms. The third-order valence-corrected chi connectivity index (χ3v) is 3.28. The average molecular weight is 295 g/mol. The predicted octanol–water partition coefficient (Wildman–Crippen LogP) is 4.49. The number of halogens is 2. The van der Waals surface area contributed by atoms with Crippen LogP contribution in [0, 0.1) is 23.0 Å². The minimum Gasteiger partial charge on any atom is -0.361 e. The van der Waals surface area contributed by atoms with Gasteiger partial charge in [0.2, 0.25) is 0 Å². The lowest BCUT2D eigenvalue weighted by Gasteiger charge is -1.89. The molecular weight excluding hydrogens is 284 g/mol. The zero-order chi connectivity index (χ0) is 15.5. The molecule has 0 saturated carbocycles. The van der Waals surface area contributed by atoms with Crippen molar-refractivity contribution < 1.29 is 8.78 Å². The van der Waals surface area contributed by atoms with Crippen molar-refractivity contribution in [2.75, 3.05) is 0 Å².